The largest absolute Gasteiger partial charge is 0.315 e. The average molecular weight is 314 g/mol. The molecular weight excluding hydrogens is 296 g/mol. The molecule has 8 heteroatoms. The molecule has 0 spiro atoms. The number of anilines is 2. The van der Waals surface area contributed by atoms with E-state index < -0.39 is 9.84 Å². The summed E-state index contributed by atoms with van der Waals surface area (Å²) in [5, 5.41) is 8.24. The zero-order valence-corrected chi connectivity index (χ0v) is 13.4. The van der Waals surface area contributed by atoms with Crippen molar-refractivity contribution >= 4 is 32.1 Å². The number of hydrogen-bond donors (Lipinski definition) is 1. The van der Waals surface area contributed by atoms with Crippen LogP contribution in [0.25, 0.3) is 0 Å². The van der Waals surface area contributed by atoms with E-state index in [0.29, 0.717) is 12.4 Å². The SMILES string of the molecule is CCc1sc(Nc2ccn(CCS(C)(=O)=O)n2)nc1C. The Morgan fingerprint density at radius 2 is 2.20 bits per heavy atom. The fourth-order valence-corrected chi connectivity index (χ4v) is 3.16. The van der Waals surface area contributed by atoms with Crippen molar-refractivity contribution in [3.05, 3.63) is 22.8 Å². The minimum atomic E-state index is -2.97. The van der Waals surface area contributed by atoms with Crippen LogP contribution in [0.4, 0.5) is 10.9 Å². The van der Waals surface area contributed by atoms with Crippen molar-refractivity contribution in [2.24, 2.45) is 0 Å². The summed E-state index contributed by atoms with van der Waals surface area (Å²) in [4.78, 5) is 5.69. The second-order valence-electron chi connectivity index (χ2n) is 4.60. The Morgan fingerprint density at radius 3 is 2.80 bits per heavy atom. The molecular formula is C12H18N4O2S2. The normalized spacial score (nSPS) is 11.8. The smallest absolute Gasteiger partial charge is 0.188 e. The van der Waals surface area contributed by atoms with Gasteiger partial charge in [-0.15, -0.1) is 11.3 Å². The van der Waals surface area contributed by atoms with Gasteiger partial charge in [0.1, 0.15) is 9.84 Å². The molecule has 0 aliphatic heterocycles. The molecule has 0 saturated heterocycles. The topological polar surface area (TPSA) is 76.9 Å². The summed E-state index contributed by atoms with van der Waals surface area (Å²) in [5.74, 6) is 0.764. The summed E-state index contributed by atoms with van der Waals surface area (Å²) in [6, 6.07) is 1.81. The number of aromatic nitrogens is 3. The Kier molecular flexibility index (Phi) is 4.44. The third-order valence-corrected chi connectivity index (χ3v) is 4.92. The van der Waals surface area contributed by atoms with Crippen molar-refractivity contribution in [1.82, 2.24) is 14.8 Å². The van der Waals surface area contributed by atoms with Gasteiger partial charge >= 0.3 is 0 Å². The highest BCUT2D eigenvalue weighted by molar-refractivity contribution is 7.90. The number of nitrogens with zero attached hydrogens (tertiary/aromatic N) is 3. The van der Waals surface area contributed by atoms with E-state index in [1.807, 2.05) is 13.0 Å². The predicted octanol–water partition coefficient (Wildman–Crippen LogP) is 2.00. The van der Waals surface area contributed by atoms with Crippen molar-refractivity contribution in [1.29, 1.82) is 0 Å². The Labute approximate surface area is 122 Å². The van der Waals surface area contributed by atoms with Crippen LogP contribution in [0, 0.1) is 6.92 Å². The van der Waals surface area contributed by atoms with E-state index in [1.165, 1.54) is 11.1 Å². The summed E-state index contributed by atoms with van der Waals surface area (Å²) < 4.78 is 23.8. The monoisotopic (exact) mass is 314 g/mol. The molecule has 0 amide bonds. The number of rotatable bonds is 6. The number of aryl methyl sites for hydroxylation is 3. The van der Waals surface area contributed by atoms with Crippen LogP contribution in [-0.2, 0) is 22.8 Å². The molecule has 0 aromatic carbocycles. The van der Waals surface area contributed by atoms with Crippen LogP contribution in [-0.4, -0.2) is 35.2 Å². The molecule has 0 saturated carbocycles. The van der Waals surface area contributed by atoms with Gasteiger partial charge in [0, 0.05) is 23.4 Å². The Bertz CT molecular complexity index is 688. The number of thiazole rings is 1. The van der Waals surface area contributed by atoms with Crippen LogP contribution in [0.5, 0.6) is 0 Å². The van der Waals surface area contributed by atoms with Gasteiger partial charge in [-0.1, -0.05) is 6.92 Å². The van der Waals surface area contributed by atoms with Crippen LogP contribution in [0.2, 0.25) is 0 Å². The summed E-state index contributed by atoms with van der Waals surface area (Å²) in [5.41, 5.74) is 1.04. The van der Waals surface area contributed by atoms with E-state index in [9.17, 15) is 8.42 Å². The molecule has 1 N–H and O–H groups in total. The highest BCUT2D eigenvalue weighted by Crippen LogP contribution is 2.25. The van der Waals surface area contributed by atoms with Gasteiger partial charge in [-0.05, 0) is 13.3 Å². The summed E-state index contributed by atoms with van der Waals surface area (Å²) in [6.07, 6.45) is 3.95. The zero-order valence-electron chi connectivity index (χ0n) is 11.8. The molecule has 0 fully saturated rings. The van der Waals surface area contributed by atoms with Gasteiger partial charge in [0.15, 0.2) is 10.9 Å². The maximum atomic E-state index is 11.1. The lowest BCUT2D eigenvalue weighted by Gasteiger charge is -2.00. The van der Waals surface area contributed by atoms with Gasteiger partial charge in [-0.3, -0.25) is 4.68 Å². The van der Waals surface area contributed by atoms with Gasteiger partial charge in [-0.25, -0.2) is 13.4 Å². The maximum Gasteiger partial charge on any atom is 0.188 e. The molecule has 110 valence electrons. The summed E-state index contributed by atoms with van der Waals surface area (Å²) >= 11 is 1.61. The first-order valence-electron chi connectivity index (χ1n) is 6.32. The minimum absolute atomic E-state index is 0.0878. The van der Waals surface area contributed by atoms with E-state index >= 15 is 0 Å². The molecule has 2 aromatic rings. The van der Waals surface area contributed by atoms with Crippen molar-refractivity contribution in [3.8, 4) is 0 Å². The molecule has 2 aromatic heterocycles. The average Bonchev–Trinajstić information content (AvgIpc) is 2.93. The number of hydrogen-bond acceptors (Lipinski definition) is 6. The Morgan fingerprint density at radius 1 is 1.45 bits per heavy atom. The fraction of sp³-hybridized carbons (Fsp3) is 0.500. The van der Waals surface area contributed by atoms with Gasteiger partial charge < -0.3 is 5.32 Å². The Hall–Kier alpha value is -1.41. The number of sulfone groups is 1. The van der Waals surface area contributed by atoms with Gasteiger partial charge in [0.2, 0.25) is 0 Å². The molecule has 0 aliphatic carbocycles. The fourth-order valence-electron chi connectivity index (χ4n) is 1.73. The molecule has 0 aliphatic rings. The van der Waals surface area contributed by atoms with Crippen LogP contribution in [0.1, 0.15) is 17.5 Å². The van der Waals surface area contributed by atoms with Gasteiger partial charge in [0.25, 0.3) is 0 Å². The first-order valence-corrected chi connectivity index (χ1v) is 9.19. The molecule has 0 atom stereocenters. The molecule has 0 bridgehead atoms. The van der Waals surface area contributed by atoms with E-state index in [2.05, 4.69) is 22.3 Å². The number of nitrogens with one attached hydrogen (secondary N) is 1. The molecule has 0 unspecified atom stereocenters. The predicted molar refractivity (Wildman–Crippen MR) is 81.4 cm³/mol. The van der Waals surface area contributed by atoms with Crippen LogP contribution in [0.15, 0.2) is 12.3 Å². The first-order chi connectivity index (χ1) is 9.37. The molecule has 0 radical (unpaired) electrons. The Balaban J connectivity index is 2.01. The lowest BCUT2D eigenvalue weighted by atomic mass is 10.3. The van der Waals surface area contributed by atoms with E-state index in [4.69, 9.17) is 0 Å². The lowest BCUT2D eigenvalue weighted by Crippen LogP contribution is -2.11. The zero-order chi connectivity index (χ0) is 14.8. The molecule has 6 nitrogen and oxygen atoms in total. The van der Waals surface area contributed by atoms with Crippen LogP contribution in [0.3, 0.4) is 0 Å². The first kappa shape index (κ1) is 15.0. The van der Waals surface area contributed by atoms with E-state index in [1.54, 1.807) is 22.2 Å². The molecule has 2 heterocycles. The van der Waals surface area contributed by atoms with Crippen molar-refractivity contribution in [3.63, 3.8) is 0 Å². The van der Waals surface area contributed by atoms with E-state index in [-0.39, 0.29) is 5.75 Å². The standard InChI is InChI=1S/C12H18N4O2S2/c1-4-10-9(2)13-12(19-10)14-11-5-6-16(15-11)7-8-20(3,17)18/h5-6H,4,7-8H2,1-3H3,(H,13,14,15). The summed E-state index contributed by atoms with van der Waals surface area (Å²) in [6.45, 7) is 4.45. The van der Waals surface area contributed by atoms with Crippen LogP contribution >= 0.6 is 11.3 Å². The van der Waals surface area contributed by atoms with Gasteiger partial charge in [0.05, 0.1) is 18.0 Å². The van der Waals surface area contributed by atoms with Crippen molar-refractivity contribution < 1.29 is 8.42 Å². The second kappa shape index (κ2) is 5.92. The third-order valence-electron chi connectivity index (χ3n) is 2.78. The minimum Gasteiger partial charge on any atom is -0.315 e. The maximum absolute atomic E-state index is 11.1. The quantitative estimate of drug-likeness (QED) is 0.882. The molecule has 20 heavy (non-hydrogen) atoms. The van der Waals surface area contributed by atoms with Crippen molar-refractivity contribution in [2.75, 3.05) is 17.3 Å². The van der Waals surface area contributed by atoms with Gasteiger partial charge in [-0.2, -0.15) is 5.10 Å². The lowest BCUT2D eigenvalue weighted by molar-refractivity contribution is 0.586. The van der Waals surface area contributed by atoms with Crippen molar-refractivity contribution in [2.45, 2.75) is 26.8 Å². The molecule has 2 rings (SSSR count). The van der Waals surface area contributed by atoms with E-state index in [0.717, 1.165) is 17.2 Å². The highest BCUT2D eigenvalue weighted by Gasteiger charge is 2.08. The third kappa shape index (κ3) is 4.04. The second-order valence-corrected chi connectivity index (χ2v) is 7.94. The highest BCUT2D eigenvalue weighted by atomic mass is 32.2. The summed E-state index contributed by atoms with van der Waals surface area (Å²) in [7, 11) is -2.97. The van der Waals surface area contributed by atoms with Crippen LogP contribution < -0.4 is 5.32 Å².